The highest BCUT2D eigenvalue weighted by Crippen LogP contribution is 2.39. The third-order valence-corrected chi connectivity index (χ3v) is 2.26. The lowest BCUT2D eigenvalue weighted by Gasteiger charge is -2.11. The predicted octanol–water partition coefficient (Wildman–Crippen LogP) is 4.45. The maximum absolute atomic E-state index is 12.3. The fourth-order valence-corrected chi connectivity index (χ4v) is 1.57. The second-order valence-corrected chi connectivity index (χ2v) is 3.69. The molecular formula is C7H2BrClF5N. The molecule has 0 fully saturated rings. The van der Waals surface area contributed by atoms with Crippen molar-refractivity contribution in [3.05, 3.63) is 26.9 Å². The van der Waals surface area contributed by atoms with Gasteiger partial charge in [0.1, 0.15) is 4.60 Å². The van der Waals surface area contributed by atoms with Gasteiger partial charge in [-0.05, 0) is 22.0 Å². The lowest BCUT2D eigenvalue weighted by atomic mass is 10.2. The van der Waals surface area contributed by atoms with Crippen LogP contribution in [-0.2, 0) is 6.18 Å². The standard InChI is InChI=1S/C7H2BrClF5N/c8-3-1-2(6(10)11)4(9)5(15-3)7(12,13)14/h1,6H. The molecule has 0 saturated carbocycles. The predicted molar refractivity (Wildman–Crippen MR) is 46.9 cm³/mol. The average Bonchev–Trinajstić information content (AvgIpc) is 2.06. The molecule has 0 spiro atoms. The van der Waals surface area contributed by atoms with Crippen molar-refractivity contribution in [3.8, 4) is 0 Å². The normalized spacial score (nSPS) is 12.3. The Morgan fingerprint density at radius 3 is 2.27 bits per heavy atom. The van der Waals surface area contributed by atoms with Crippen LogP contribution in [0.4, 0.5) is 22.0 Å². The average molecular weight is 310 g/mol. The molecule has 84 valence electrons. The molecule has 1 nitrogen and oxygen atoms in total. The lowest BCUT2D eigenvalue weighted by molar-refractivity contribution is -0.141. The summed E-state index contributed by atoms with van der Waals surface area (Å²) in [7, 11) is 0. The van der Waals surface area contributed by atoms with Crippen LogP contribution >= 0.6 is 27.5 Å². The Bertz CT molecular complexity index is 378. The van der Waals surface area contributed by atoms with Crippen LogP contribution < -0.4 is 0 Å². The summed E-state index contributed by atoms with van der Waals surface area (Å²) in [5.41, 5.74) is -2.42. The van der Waals surface area contributed by atoms with Crippen molar-refractivity contribution in [3.63, 3.8) is 0 Å². The van der Waals surface area contributed by atoms with Gasteiger partial charge in [-0.15, -0.1) is 0 Å². The molecule has 1 aromatic rings. The zero-order valence-electron chi connectivity index (χ0n) is 6.75. The first-order valence-electron chi connectivity index (χ1n) is 3.44. The maximum atomic E-state index is 12.3. The van der Waals surface area contributed by atoms with Crippen LogP contribution in [0, 0.1) is 0 Å². The third-order valence-electron chi connectivity index (χ3n) is 1.46. The van der Waals surface area contributed by atoms with Crippen molar-refractivity contribution in [2.45, 2.75) is 12.6 Å². The Labute approximate surface area is 94.4 Å². The van der Waals surface area contributed by atoms with Crippen LogP contribution in [0.1, 0.15) is 17.7 Å². The van der Waals surface area contributed by atoms with E-state index in [1.165, 1.54) is 0 Å². The fourth-order valence-electron chi connectivity index (χ4n) is 0.863. The van der Waals surface area contributed by atoms with E-state index in [1.807, 2.05) is 0 Å². The van der Waals surface area contributed by atoms with Gasteiger partial charge in [0.15, 0.2) is 5.69 Å². The van der Waals surface area contributed by atoms with E-state index in [0.29, 0.717) is 0 Å². The van der Waals surface area contributed by atoms with E-state index >= 15 is 0 Å². The van der Waals surface area contributed by atoms with Gasteiger partial charge < -0.3 is 0 Å². The minimum atomic E-state index is -4.86. The first kappa shape index (κ1) is 12.6. The van der Waals surface area contributed by atoms with Gasteiger partial charge in [0, 0.05) is 5.56 Å². The molecule has 0 radical (unpaired) electrons. The van der Waals surface area contributed by atoms with Gasteiger partial charge in [-0.3, -0.25) is 0 Å². The topological polar surface area (TPSA) is 12.9 Å². The molecule has 1 rings (SSSR count). The fraction of sp³-hybridized carbons (Fsp3) is 0.286. The van der Waals surface area contributed by atoms with E-state index in [4.69, 9.17) is 11.6 Å². The van der Waals surface area contributed by atoms with Crippen LogP contribution in [0.15, 0.2) is 10.7 Å². The van der Waals surface area contributed by atoms with E-state index in [0.717, 1.165) is 6.07 Å². The van der Waals surface area contributed by atoms with Crippen LogP contribution in [0.2, 0.25) is 5.02 Å². The number of hydrogen-bond donors (Lipinski definition) is 0. The number of nitrogens with zero attached hydrogens (tertiary/aromatic N) is 1. The van der Waals surface area contributed by atoms with Crippen molar-refractivity contribution in [1.82, 2.24) is 4.98 Å². The Morgan fingerprint density at radius 1 is 1.33 bits per heavy atom. The third kappa shape index (κ3) is 2.78. The zero-order chi connectivity index (χ0) is 11.8. The molecule has 0 aliphatic rings. The van der Waals surface area contributed by atoms with Gasteiger partial charge in [-0.2, -0.15) is 13.2 Å². The zero-order valence-corrected chi connectivity index (χ0v) is 9.09. The Morgan fingerprint density at radius 2 is 1.87 bits per heavy atom. The molecule has 0 bridgehead atoms. The van der Waals surface area contributed by atoms with Crippen molar-refractivity contribution in [2.24, 2.45) is 0 Å². The van der Waals surface area contributed by atoms with Crippen LogP contribution in [0.25, 0.3) is 0 Å². The highest BCUT2D eigenvalue weighted by molar-refractivity contribution is 9.10. The monoisotopic (exact) mass is 309 g/mol. The summed E-state index contributed by atoms with van der Waals surface area (Å²) in [6, 6.07) is 0.752. The lowest BCUT2D eigenvalue weighted by Crippen LogP contribution is -2.10. The molecule has 1 aromatic heterocycles. The van der Waals surface area contributed by atoms with E-state index in [9.17, 15) is 22.0 Å². The molecule has 1 heterocycles. The Balaban J connectivity index is 3.42. The largest absolute Gasteiger partial charge is 0.434 e. The molecule has 0 unspecified atom stereocenters. The van der Waals surface area contributed by atoms with Gasteiger partial charge in [0.25, 0.3) is 6.43 Å². The molecule has 0 amide bonds. The first-order valence-corrected chi connectivity index (χ1v) is 4.62. The van der Waals surface area contributed by atoms with Crippen LogP contribution in [0.3, 0.4) is 0 Å². The SMILES string of the molecule is FC(F)c1cc(Br)nc(C(F)(F)F)c1Cl. The summed E-state index contributed by atoms with van der Waals surface area (Å²) < 4.78 is 61.0. The van der Waals surface area contributed by atoms with E-state index in [2.05, 4.69) is 20.9 Å². The summed E-state index contributed by atoms with van der Waals surface area (Å²) in [6.07, 6.45) is -7.94. The van der Waals surface area contributed by atoms with Crippen LogP contribution in [-0.4, -0.2) is 4.98 Å². The van der Waals surface area contributed by atoms with Crippen molar-refractivity contribution in [1.29, 1.82) is 0 Å². The Hall–Kier alpha value is -0.430. The number of hydrogen-bond acceptors (Lipinski definition) is 1. The van der Waals surface area contributed by atoms with Gasteiger partial charge in [0.05, 0.1) is 5.02 Å². The van der Waals surface area contributed by atoms with Crippen molar-refractivity contribution in [2.75, 3.05) is 0 Å². The summed E-state index contributed by atoms with van der Waals surface area (Å²) in [5.74, 6) is 0. The van der Waals surface area contributed by atoms with Gasteiger partial charge in [-0.1, -0.05) is 11.6 Å². The summed E-state index contributed by atoms with van der Waals surface area (Å²) in [4.78, 5) is 3.01. The Kier molecular flexibility index (Phi) is 3.55. The minimum absolute atomic E-state index is 0.338. The molecule has 0 aromatic carbocycles. The van der Waals surface area contributed by atoms with Crippen molar-refractivity contribution < 1.29 is 22.0 Å². The number of rotatable bonds is 1. The second-order valence-electron chi connectivity index (χ2n) is 2.50. The molecular weight excluding hydrogens is 308 g/mol. The summed E-state index contributed by atoms with van der Waals surface area (Å²) in [5, 5.41) is -1.07. The van der Waals surface area contributed by atoms with E-state index in [1.54, 1.807) is 0 Å². The minimum Gasteiger partial charge on any atom is -0.235 e. The molecule has 0 atom stereocenters. The molecule has 15 heavy (non-hydrogen) atoms. The molecule has 0 aliphatic heterocycles. The first-order chi connectivity index (χ1) is 6.73. The molecule has 0 saturated heterocycles. The van der Waals surface area contributed by atoms with Gasteiger partial charge in [-0.25, -0.2) is 13.8 Å². The maximum Gasteiger partial charge on any atom is 0.434 e. The van der Waals surface area contributed by atoms with Gasteiger partial charge in [0.2, 0.25) is 0 Å². The van der Waals surface area contributed by atoms with E-state index in [-0.39, 0.29) is 4.60 Å². The second kappa shape index (κ2) is 4.21. The highest BCUT2D eigenvalue weighted by atomic mass is 79.9. The number of aromatic nitrogens is 1. The van der Waals surface area contributed by atoms with Gasteiger partial charge >= 0.3 is 6.18 Å². The van der Waals surface area contributed by atoms with Crippen LogP contribution in [0.5, 0.6) is 0 Å². The number of halogens is 7. The number of alkyl halides is 5. The summed E-state index contributed by atoms with van der Waals surface area (Å²) >= 11 is 7.78. The highest BCUT2D eigenvalue weighted by Gasteiger charge is 2.37. The molecule has 8 heteroatoms. The van der Waals surface area contributed by atoms with E-state index < -0.39 is 28.9 Å². The molecule has 0 aliphatic carbocycles. The molecule has 0 N–H and O–H groups in total. The smallest absolute Gasteiger partial charge is 0.235 e. The van der Waals surface area contributed by atoms with Crippen molar-refractivity contribution >= 4 is 27.5 Å². The quantitative estimate of drug-likeness (QED) is 0.551. The summed E-state index contributed by atoms with van der Waals surface area (Å²) in [6.45, 7) is 0. The number of pyridine rings is 1.